The van der Waals surface area contributed by atoms with E-state index in [0.29, 0.717) is 11.5 Å². The van der Waals surface area contributed by atoms with Gasteiger partial charge in [0.15, 0.2) is 0 Å². The molecule has 0 aliphatic rings. The molecule has 0 aliphatic carbocycles. The summed E-state index contributed by atoms with van der Waals surface area (Å²) in [5.41, 5.74) is 0.475. The van der Waals surface area contributed by atoms with Gasteiger partial charge in [0.05, 0.1) is 0 Å². The second-order valence-corrected chi connectivity index (χ2v) is 5.47. The molecular formula is C12H27N. The van der Waals surface area contributed by atoms with Gasteiger partial charge in [-0.3, -0.25) is 0 Å². The number of hydrogen-bond donors (Lipinski definition) is 0. The van der Waals surface area contributed by atoms with Crippen molar-refractivity contribution in [3.63, 3.8) is 0 Å². The normalized spacial score (nSPS) is 13.4. The predicted molar refractivity (Wildman–Crippen MR) is 61.0 cm³/mol. The Labute approximate surface area is 84.5 Å². The van der Waals surface area contributed by atoms with Gasteiger partial charge in [-0.1, -0.05) is 27.7 Å². The molecule has 0 unspecified atom stereocenters. The van der Waals surface area contributed by atoms with Crippen molar-refractivity contribution in [2.45, 2.75) is 54.0 Å². The molecular weight excluding hydrogens is 158 g/mol. The largest absolute Gasteiger partial charge is 0.304 e. The maximum atomic E-state index is 2.42. The second-order valence-electron chi connectivity index (χ2n) is 5.47. The van der Waals surface area contributed by atoms with Crippen molar-refractivity contribution in [2.75, 3.05) is 13.6 Å². The first-order chi connectivity index (χ1) is 5.77. The Morgan fingerprint density at radius 2 is 1.54 bits per heavy atom. The Bertz CT molecular complexity index is 136. The summed E-state index contributed by atoms with van der Waals surface area (Å²) in [7, 11) is 2.21. The monoisotopic (exact) mass is 185 g/mol. The van der Waals surface area contributed by atoms with Crippen LogP contribution in [0.5, 0.6) is 0 Å². The maximum absolute atomic E-state index is 2.42. The van der Waals surface area contributed by atoms with Gasteiger partial charge in [-0.15, -0.1) is 0 Å². The van der Waals surface area contributed by atoms with Gasteiger partial charge in [0.1, 0.15) is 0 Å². The molecule has 0 heterocycles. The highest BCUT2D eigenvalue weighted by molar-refractivity contribution is 4.74. The summed E-state index contributed by atoms with van der Waals surface area (Å²) >= 11 is 0. The fourth-order valence-electron chi connectivity index (χ4n) is 1.01. The van der Waals surface area contributed by atoms with Crippen LogP contribution >= 0.6 is 0 Å². The van der Waals surface area contributed by atoms with Crippen LogP contribution in [0.4, 0.5) is 0 Å². The predicted octanol–water partition coefficient (Wildman–Crippen LogP) is 3.40. The number of rotatable bonds is 5. The molecule has 0 saturated heterocycles. The summed E-state index contributed by atoms with van der Waals surface area (Å²) in [4.78, 5) is 2.42. The Hall–Kier alpha value is -0.0400. The van der Waals surface area contributed by atoms with Gasteiger partial charge < -0.3 is 4.90 Å². The lowest BCUT2D eigenvalue weighted by Gasteiger charge is -2.32. The molecule has 80 valence electrons. The maximum Gasteiger partial charge on any atom is 0.00355 e. The summed E-state index contributed by atoms with van der Waals surface area (Å²) in [6.45, 7) is 15.1. The molecule has 0 radical (unpaired) electrons. The van der Waals surface area contributed by atoms with Crippen molar-refractivity contribution in [2.24, 2.45) is 11.3 Å². The van der Waals surface area contributed by atoms with Crippen molar-refractivity contribution in [1.29, 1.82) is 0 Å². The van der Waals surface area contributed by atoms with Crippen LogP contribution in [0.15, 0.2) is 0 Å². The topological polar surface area (TPSA) is 3.24 Å². The average molecular weight is 185 g/mol. The molecule has 0 aromatic rings. The highest BCUT2D eigenvalue weighted by atomic mass is 15.1. The molecule has 0 bridgehead atoms. The minimum Gasteiger partial charge on any atom is -0.304 e. The van der Waals surface area contributed by atoms with E-state index in [2.05, 4.69) is 53.5 Å². The Kier molecular flexibility index (Phi) is 4.98. The minimum absolute atomic E-state index is 0.475. The van der Waals surface area contributed by atoms with Crippen molar-refractivity contribution in [1.82, 2.24) is 4.90 Å². The zero-order valence-corrected chi connectivity index (χ0v) is 10.5. The molecule has 13 heavy (non-hydrogen) atoms. The fraction of sp³-hybridized carbons (Fsp3) is 1.00. The zero-order valence-electron chi connectivity index (χ0n) is 10.5. The molecule has 1 nitrogen and oxygen atoms in total. The van der Waals surface area contributed by atoms with Crippen molar-refractivity contribution < 1.29 is 0 Å². The second kappa shape index (κ2) is 4.99. The molecule has 0 rings (SSSR count). The highest BCUT2D eigenvalue weighted by Crippen LogP contribution is 2.30. The van der Waals surface area contributed by atoms with Gasteiger partial charge in [-0.25, -0.2) is 0 Å². The SMILES string of the molecule is CC(C)N(C)CCC(C)(C)C(C)C. The Balaban J connectivity index is 3.88. The van der Waals surface area contributed by atoms with E-state index < -0.39 is 0 Å². The van der Waals surface area contributed by atoms with Crippen LogP contribution in [0, 0.1) is 11.3 Å². The molecule has 0 aromatic carbocycles. The summed E-state index contributed by atoms with van der Waals surface area (Å²) in [5.74, 6) is 0.771. The molecule has 0 N–H and O–H groups in total. The molecule has 0 spiro atoms. The Morgan fingerprint density at radius 3 is 1.85 bits per heavy atom. The molecule has 0 aromatic heterocycles. The van der Waals surface area contributed by atoms with Crippen LogP contribution in [-0.2, 0) is 0 Å². The van der Waals surface area contributed by atoms with Crippen molar-refractivity contribution in [3.8, 4) is 0 Å². The van der Waals surface area contributed by atoms with E-state index in [4.69, 9.17) is 0 Å². The first kappa shape index (κ1) is 13.0. The standard InChI is InChI=1S/C12H27N/c1-10(2)12(5,6)8-9-13(7)11(3)4/h10-11H,8-9H2,1-7H3. The zero-order chi connectivity index (χ0) is 10.6. The van der Waals surface area contributed by atoms with E-state index in [1.54, 1.807) is 0 Å². The van der Waals surface area contributed by atoms with Crippen LogP contribution in [0.25, 0.3) is 0 Å². The van der Waals surface area contributed by atoms with Gasteiger partial charge in [-0.05, 0) is 45.2 Å². The van der Waals surface area contributed by atoms with E-state index in [9.17, 15) is 0 Å². The number of nitrogens with zero attached hydrogens (tertiary/aromatic N) is 1. The van der Waals surface area contributed by atoms with Crippen LogP contribution < -0.4 is 0 Å². The summed E-state index contributed by atoms with van der Waals surface area (Å²) in [5, 5.41) is 0. The van der Waals surface area contributed by atoms with Gasteiger partial charge in [0, 0.05) is 6.04 Å². The number of hydrogen-bond acceptors (Lipinski definition) is 1. The summed E-state index contributed by atoms with van der Waals surface area (Å²) in [6, 6.07) is 0.669. The van der Waals surface area contributed by atoms with Gasteiger partial charge in [0.25, 0.3) is 0 Å². The summed E-state index contributed by atoms with van der Waals surface area (Å²) < 4.78 is 0. The lowest BCUT2D eigenvalue weighted by molar-refractivity contribution is 0.173. The van der Waals surface area contributed by atoms with Crippen molar-refractivity contribution >= 4 is 0 Å². The molecule has 0 aliphatic heterocycles. The molecule has 0 saturated carbocycles. The van der Waals surface area contributed by atoms with Crippen LogP contribution in [0.3, 0.4) is 0 Å². The van der Waals surface area contributed by atoms with Crippen LogP contribution in [0.1, 0.15) is 48.0 Å². The third-order valence-corrected chi connectivity index (χ3v) is 3.55. The first-order valence-corrected chi connectivity index (χ1v) is 5.47. The molecule has 1 heteroatoms. The lowest BCUT2D eigenvalue weighted by Crippen LogP contribution is -2.32. The first-order valence-electron chi connectivity index (χ1n) is 5.47. The quantitative estimate of drug-likeness (QED) is 0.634. The van der Waals surface area contributed by atoms with E-state index in [1.807, 2.05) is 0 Å². The van der Waals surface area contributed by atoms with E-state index in [1.165, 1.54) is 13.0 Å². The van der Waals surface area contributed by atoms with Gasteiger partial charge in [0.2, 0.25) is 0 Å². The van der Waals surface area contributed by atoms with Crippen LogP contribution in [-0.4, -0.2) is 24.5 Å². The molecule has 0 amide bonds. The Morgan fingerprint density at radius 1 is 1.08 bits per heavy atom. The van der Waals surface area contributed by atoms with Crippen LogP contribution in [0.2, 0.25) is 0 Å². The highest BCUT2D eigenvalue weighted by Gasteiger charge is 2.22. The smallest absolute Gasteiger partial charge is 0.00355 e. The van der Waals surface area contributed by atoms with Crippen molar-refractivity contribution in [3.05, 3.63) is 0 Å². The summed E-state index contributed by atoms with van der Waals surface area (Å²) in [6.07, 6.45) is 1.29. The average Bonchev–Trinajstić information content (AvgIpc) is 1.99. The lowest BCUT2D eigenvalue weighted by atomic mass is 9.78. The van der Waals surface area contributed by atoms with Gasteiger partial charge >= 0.3 is 0 Å². The van der Waals surface area contributed by atoms with E-state index in [-0.39, 0.29) is 0 Å². The molecule has 0 fully saturated rings. The van der Waals surface area contributed by atoms with Gasteiger partial charge in [-0.2, -0.15) is 0 Å². The third kappa shape index (κ3) is 4.66. The van der Waals surface area contributed by atoms with E-state index >= 15 is 0 Å². The third-order valence-electron chi connectivity index (χ3n) is 3.55. The molecule has 0 atom stereocenters. The minimum atomic E-state index is 0.475. The van der Waals surface area contributed by atoms with E-state index in [0.717, 1.165) is 5.92 Å². The fourth-order valence-corrected chi connectivity index (χ4v) is 1.01.